The number of aromatic nitrogens is 4. The van der Waals surface area contributed by atoms with Gasteiger partial charge in [0.2, 0.25) is 0 Å². The molecule has 21 heavy (non-hydrogen) atoms. The summed E-state index contributed by atoms with van der Waals surface area (Å²) in [6.07, 6.45) is 3.71. The van der Waals surface area contributed by atoms with Gasteiger partial charge in [0.15, 0.2) is 5.82 Å². The Bertz CT molecular complexity index is 738. The molecular weight excluding hydrogens is 262 g/mol. The summed E-state index contributed by atoms with van der Waals surface area (Å²) in [5, 5.41) is 4.37. The minimum atomic E-state index is 0.522. The van der Waals surface area contributed by atoms with Crippen LogP contribution in [0.4, 0.5) is 5.82 Å². The van der Waals surface area contributed by atoms with Gasteiger partial charge >= 0.3 is 0 Å². The summed E-state index contributed by atoms with van der Waals surface area (Å²) in [7, 11) is 0. The van der Waals surface area contributed by atoms with E-state index in [1.165, 1.54) is 5.56 Å². The van der Waals surface area contributed by atoms with Gasteiger partial charge in [-0.05, 0) is 19.4 Å². The Balaban J connectivity index is 1.88. The fraction of sp³-hybridized carbons (Fsp3) is 0.188. The average molecular weight is 279 g/mol. The SMILES string of the molecule is Cc1nc(-c2cnn(Cc3ccccc3)c2)nc(N)c1C. The third-order valence-corrected chi connectivity index (χ3v) is 3.51. The average Bonchev–Trinajstić information content (AvgIpc) is 2.94. The van der Waals surface area contributed by atoms with Crippen molar-refractivity contribution in [2.45, 2.75) is 20.4 Å². The van der Waals surface area contributed by atoms with Crippen LogP contribution in [-0.2, 0) is 6.54 Å². The lowest BCUT2D eigenvalue weighted by atomic mass is 10.2. The minimum absolute atomic E-state index is 0.522. The molecule has 2 aromatic heterocycles. The molecule has 0 aliphatic carbocycles. The first-order valence-corrected chi connectivity index (χ1v) is 6.81. The molecule has 0 fully saturated rings. The van der Waals surface area contributed by atoms with Crippen molar-refractivity contribution in [3.63, 3.8) is 0 Å². The first-order chi connectivity index (χ1) is 10.1. The summed E-state index contributed by atoms with van der Waals surface area (Å²) in [4.78, 5) is 8.82. The van der Waals surface area contributed by atoms with Crippen molar-refractivity contribution in [1.82, 2.24) is 19.7 Å². The molecule has 0 atom stereocenters. The smallest absolute Gasteiger partial charge is 0.164 e. The quantitative estimate of drug-likeness (QED) is 0.800. The van der Waals surface area contributed by atoms with E-state index in [-0.39, 0.29) is 0 Å². The third kappa shape index (κ3) is 2.76. The number of benzene rings is 1. The predicted octanol–water partition coefficient (Wildman–Crippen LogP) is 2.59. The van der Waals surface area contributed by atoms with Crippen molar-refractivity contribution >= 4 is 5.82 Å². The molecule has 0 bridgehead atoms. The Labute approximate surface area is 123 Å². The third-order valence-electron chi connectivity index (χ3n) is 3.51. The Hall–Kier alpha value is -2.69. The second-order valence-corrected chi connectivity index (χ2v) is 5.06. The fourth-order valence-corrected chi connectivity index (χ4v) is 2.12. The summed E-state index contributed by atoms with van der Waals surface area (Å²) < 4.78 is 1.87. The largest absolute Gasteiger partial charge is 0.383 e. The minimum Gasteiger partial charge on any atom is -0.383 e. The molecule has 0 aliphatic heterocycles. The molecule has 5 nitrogen and oxygen atoms in total. The number of aryl methyl sites for hydroxylation is 1. The number of nitrogen functional groups attached to an aromatic ring is 1. The lowest BCUT2D eigenvalue weighted by Crippen LogP contribution is -2.02. The fourth-order valence-electron chi connectivity index (χ4n) is 2.12. The highest BCUT2D eigenvalue weighted by Gasteiger charge is 2.09. The topological polar surface area (TPSA) is 69.6 Å². The molecule has 0 aliphatic rings. The molecule has 1 aromatic carbocycles. The monoisotopic (exact) mass is 279 g/mol. The van der Waals surface area contributed by atoms with Gasteiger partial charge in [-0.1, -0.05) is 30.3 Å². The Morgan fingerprint density at radius 2 is 1.86 bits per heavy atom. The molecule has 0 spiro atoms. The highest BCUT2D eigenvalue weighted by molar-refractivity contribution is 5.56. The summed E-state index contributed by atoms with van der Waals surface area (Å²) in [5.41, 5.74) is 9.81. The Kier molecular flexibility index (Phi) is 3.39. The lowest BCUT2D eigenvalue weighted by Gasteiger charge is -2.05. The number of hydrogen-bond acceptors (Lipinski definition) is 4. The van der Waals surface area contributed by atoms with Crippen LogP contribution < -0.4 is 5.73 Å². The Morgan fingerprint density at radius 1 is 1.10 bits per heavy atom. The van der Waals surface area contributed by atoms with Crippen LogP contribution in [0.3, 0.4) is 0 Å². The van der Waals surface area contributed by atoms with Crippen LogP contribution in [0.2, 0.25) is 0 Å². The molecule has 0 amide bonds. The maximum Gasteiger partial charge on any atom is 0.164 e. The van der Waals surface area contributed by atoms with Crippen LogP contribution in [0, 0.1) is 13.8 Å². The molecule has 3 aromatic rings. The maximum absolute atomic E-state index is 5.91. The molecule has 106 valence electrons. The van der Waals surface area contributed by atoms with Gasteiger partial charge in [0.25, 0.3) is 0 Å². The van der Waals surface area contributed by atoms with Crippen molar-refractivity contribution in [1.29, 1.82) is 0 Å². The molecule has 0 unspecified atom stereocenters. The summed E-state index contributed by atoms with van der Waals surface area (Å²) in [5.74, 6) is 1.14. The standard InChI is InChI=1S/C16H17N5/c1-11-12(2)19-16(20-15(11)17)14-8-18-21(10-14)9-13-6-4-3-5-7-13/h3-8,10H,9H2,1-2H3,(H2,17,19,20). The molecule has 2 N–H and O–H groups in total. The Morgan fingerprint density at radius 3 is 2.57 bits per heavy atom. The van der Waals surface area contributed by atoms with Crippen molar-refractivity contribution in [2.24, 2.45) is 0 Å². The highest BCUT2D eigenvalue weighted by atomic mass is 15.3. The zero-order valence-electron chi connectivity index (χ0n) is 12.1. The lowest BCUT2D eigenvalue weighted by molar-refractivity contribution is 0.687. The van der Waals surface area contributed by atoms with Crippen LogP contribution in [0.15, 0.2) is 42.7 Å². The number of hydrogen-bond donors (Lipinski definition) is 1. The van der Waals surface area contributed by atoms with Gasteiger partial charge in [0, 0.05) is 17.5 Å². The van der Waals surface area contributed by atoms with Crippen molar-refractivity contribution < 1.29 is 0 Å². The van der Waals surface area contributed by atoms with E-state index >= 15 is 0 Å². The zero-order chi connectivity index (χ0) is 14.8. The van der Waals surface area contributed by atoms with Crippen LogP contribution in [0.1, 0.15) is 16.8 Å². The summed E-state index contributed by atoms with van der Waals surface area (Å²) in [6.45, 7) is 4.58. The van der Waals surface area contributed by atoms with Crippen LogP contribution in [-0.4, -0.2) is 19.7 Å². The van der Waals surface area contributed by atoms with Gasteiger partial charge in [-0.25, -0.2) is 9.97 Å². The zero-order valence-corrected chi connectivity index (χ0v) is 12.1. The number of rotatable bonds is 3. The molecule has 0 saturated heterocycles. The number of nitrogens with zero attached hydrogens (tertiary/aromatic N) is 4. The van der Waals surface area contributed by atoms with E-state index in [1.807, 2.05) is 42.9 Å². The number of nitrogens with two attached hydrogens (primary N) is 1. The van der Waals surface area contributed by atoms with Gasteiger partial charge in [0.05, 0.1) is 18.3 Å². The molecule has 2 heterocycles. The van der Waals surface area contributed by atoms with Crippen molar-refractivity contribution in [3.8, 4) is 11.4 Å². The normalized spacial score (nSPS) is 10.8. The maximum atomic E-state index is 5.91. The van der Waals surface area contributed by atoms with Crippen molar-refractivity contribution in [2.75, 3.05) is 5.73 Å². The van der Waals surface area contributed by atoms with Crippen LogP contribution >= 0.6 is 0 Å². The second kappa shape index (κ2) is 5.36. The molecule has 3 rings (SSSR count). The van der Waals surface area contributed by atoms with Gasteiger partial charge in [0.1, 0.15) is 5.82 Å². The second-order valence-electron chi connectivity index (χ2n) is 5.06. The van der Waals surface area contributed by atoms with Crippen molar-refractivity contribution in [3.05, 3.63) is 59.5 Å². The molecule has 5 heteroatoms. The van der Waals surface area contributed by atoms with Gasteiger partial charge in [-0.15, -0.1) is 0 Å². The predicted molar refractivity (Wildman–Crippen MR) is 82.7 cm³/mol. The molecule has 0 radical (unpaired) electrons. The van der Waals surface area contributed by atoms with E-state index in [0.29, 0.717) is 11.6 Å². The van der Waals surface area contributed by atoms with E-state index in [2.05, 4.69) is 27.2 Å². The summed E-state index contributed by atoms with van der Waals surface area (Å²) in [6, 6.07) is 10.2. The number of anilines is 1. The first kappa shape index (κ1) is 13.3. The van der Waals surface area contributed by atoms with E-state index < -0.39 is 0 Å². The van der Waals surface area contributed by atoms with E-state index in [4.69, 9.17) is 5.73 Å². The van der Waals surface area contributed by atoms with Gasteiger partial charge in [-0.2, -0.15) is 5.10 Å². The van der Waals surface area contributed by atoms with Crippen LogP contribution in [0.5, 0.6) is 0 Å². The van der Waals surface area contributed by atoms with E-state index in [0.717, 1.165) is 23.4 Å². The summed E-state index contributed by atoms with van der Waals surface area (Å²) >= 11 is 0. The van der Waals surface area contributed by atoms with Gasteiger partial charge in [-0.3, -0.25) is 4.68 Å². The molecular formula is C16H17N5. The van der Waals surface area contributed by atoms with E-state index in [1.54, 1.807) is 6.20 Å². The van der Waals surface area contributed by atoms with E-state index in [9.17, 15) is 0 Å². The van der Waals surface area contributed by atoms with Gasteiger partial charge < -0.3 is 5.73 Å². The first-order valence-electron chi connectivity index (χ1n) is 6.81. The van der Waals surface area contributed by atoms with Crippen LogP contribution in [0.25, 0.3) is 11.4 Å². The highest BCUT2D eigenvalue weighted by Crippen LogP contribution is 2.19. The molecule has 0 saturated carbocycles.